The molecule has 1 fully saturated rings. The molecule has 23 heavy (non-hydrogen) atoms. The topological polar surface area (TPSA) is 81.2 Å². The molecule has 6 nitrogen and oxygen atoms in total. The third-order valence-corrected chi connectivity index (χ3v) is 5.00. The smallest absolute Gasteiger partial charge is 0.277 e. The van der Waals surface area contributed by atoms with E-state index < -0.39 is 0 Å². The van der Waals surface area contributed by atoms with E-state index in [1.165, 1.54) is 0 Å². The molecular formula is C16H17N3O3S. The molecular weight excluding hydrogens is 314 g/mol. The van der Waals surface area contributed by atoms with Gasteiger partial charge in [0.1, 0.15) is 0 Å². The van der Waals surface area contributed by atoms with Crippen LogP contribution in [0.3, 0.4) is 0 Å². The molecule has 0 amide bonds. The third kappa shape index (κ3) is 3.42. The maximum absolute atomic E-state index is 8.96. The highest BCUT2D eigenvalue weighted by molar-refractivity contribution is 7.99. The summed E-state index contributed by atoms with van der Waals surface area (Å²) < 4.78 is 16.2. The number of benzene rings is 1. The van der Waals surface area contributed by atoms with Gasteiger partial charge in [0.15, 0.2) is 11.5 Å². The van der Waals surface area contributed by atoms with E-state index >= 15 is 0 Å². The van der Waals surface area contributed by atoms with Gasteiger partial charge in [-0.2, -0.15) is 5.26 Å². The zero-order valence-corrected chi connectivity index (χ0v) is 13.8. The maximum atomic E-state index is 8.96. The summed E-state index contributed by atoms with van der Waals surface area (Å²) in [6.07, 6.45) is 2.84. The summed E-state index contributed by atoms with van der Waals surface area (Å²) in [4.78, 5) is 0. The summed E-state index contributed by atoms with van der Waals surface area (Å²) in [6.45, 7) is 0. The minimum absolute atomic E-state index is 0.153. The molecule has 1 saturated carbocycles. The third-order valence-electron chi connectivity index (χ3n) is 3.87. The predicted octanol–water partition coefficient (Wildman–Crippen LogP) is 3.54. The fourth-order valence-electron chi connectivity index (χ4n) is 2.65. The van der Waals surface area contributed by atoms with Crippen LogP contribution >= 0.6 is 11.8 Å². The highest BCUT2D eigenvalue weighted by Crippen LogP contribution is 2.38. The Morgan fingerprint density at radius 2 is 2.04 bits per heavy atom. The molecule has 1 heterocycles. The largest absolute Gasteiger partial charge is 0.493 e. The van der Waals surface area contributed by atoms with E-state index in [4.69, 9.17) is 19.2 Å². The van der Waals surface area contributed by atoms with Gasteiger partial charge in [-0.15, -0.1) is 10.2 Å². The van der Waals surface area contributed by atoms with E-state index in [0.29, 0.717) is 27.9 Å². The average molecular weight is 331 g/mol. The summed E-state index contributed by atoms with van der Waals surface area (Å²) in [5.41, 5.74) is 0.781. The van der Waals surface area contributed by atoms with Gasteiger partial charge in [-0.1, -0.05) is 11.8 Å². The van der Waals surface area contributed by atoms with Gasteiger partial charge >= 0.3 is 0 Å². The number of thioether (sulfide) groups is 1. The first kappa shape index (κ1) is 15.7. The summed E-state index contributed by atoms with van der Waals surface area (Å²) >= 11 is 1.56. The van der Waals surface area contributed by atoms with Gasteiger partial charge in [0.2, 0.25) is 5.89 Å². The lowest BCUT2D eigenvalue weighted by Gasteiger charge is -2.07. The Balaban J connectivity index is 1.73. The normalized spacial score (nSPS) is 20.2. The van der Waals surface area contributed by atoms with E-state index in [1.807, 2.05) is 12.1 Å². The van der Waals surface area contributed by atoms with E-state index in [0.717, 1.165) is 24.8 Å². The minimum Gasteiger partial charge on any atom is -0.493 e. The van der Waals surface area contributed by atoms with Gasteiger partial charge in [-0.3, -0.25) is 0 Å². The zero-order valence-electron chi connectivity index (χ0n) is 13.0. The summed E-state index contributed by atoms with van der Waals surface area (Å²) in [5, 5.41) is 18.1. The molecule has 0 aliphatic heterocycles. The average Bonchev–Trinajstić information content (AvgIpc) is 3.24. The van der Waals surface area contributed by atoms with E-state index in [-0.39, 0.29) is 5.92 Å². The lowest BCUT2D eigenvalue weighted by atomic mass is 10.1. The summed E-state index contributed by atoms with van der Waals surface area (Å²) in [6, 6.07) is 7.79. The molecule has 0 spiro atoms. The van der Waals surface area contributed by atoms with Crippen LogP contribution < -0.4 is 9.47 Å². The number of hydrogen-bond acceptors (Lipinski definition) is 7. The van der Waals surface area contributed by atoms with Crippen LogP contribution in [0.15, 0.2) is 27.8 Å². The van der Waals surface area contributed by atoms with Crippen LogP contribution in [0.5, 0.6) is 11.5 Å². The Hall–Kier alpha value is -2.20. The Morgan fingerprint density at radius 3 is 2.74 bits per heavy atom. The fourth-order valence-corrected chi connectivity index (χ4v) is 3.73. The van der Waals surface area contributed by atoms with E-state index in [9.17, 15) is 0 Å². The lowest BCUT2D eigenvalue weighted by molar-refractivity contribution is 0.355. The van der Waals surface area contributed by atoms with Crippen molar-refractivity contribution >= 4 is 11.8 Å². The number of nitriles is 1. The molecule has 7 heteroatoms. The monoisotopic (exact) mass is 331 g/mol. The van der Waals surface area contributed by atoms with Crippen LogP contribution in [-0.4, -0.2) is 29.7 Å². The molecule has 0 radical (unpaired) electrons. The molecule has 1 aliphatic rings. The number of ether oxygens (including phenoxy) is 2. The number of hydrogen-bond donors (Lipinski definition) is 0. The molecule has 2 aromatic rings. The number of methoxy groups -OCH3 is 2. The van der Waals surface area contributed by atoms with E-state index in [1.54, 1.807) is 32.0 Å². The molecule has 120 valence electrons. The lowest BCUT2D eigenvalue weighted by Crippen LogP contribution is -1.95. The van der Waals surface area contributed by atoms with Crippen LogP contribution in [-0.2, 0) is 0 Å². The molecule has 1 aromatic carbocycles. The van der Waals surface area contributed by atoms with Crippen LogP contribution in [0, 0.1) is 17.2 Å². The van der Waals surface area contributed by atoms with Crippen LogP contribution in [0.1, 0.15) is 19.3 Å². The Labute approximate surface area is 138 Å². The van der Waals surface area contributed by atoms with Crippen molar-refractivity contribution in [3.8, 4) is 29.0 Å². The zero-order chi connectivity index (χ0) is 16.2. The quantitative estimate of drug-likeness (QED) is 0.828. The van der Waals surface area contributed by atoms with Gasteiger partial charge in [0.05, 0.1) is 20.3 Å². The van der Waals surface area contributed by atoms with Crippen molar-refractivity contribution in [3.05, 3.63) is 18.2 Å². The van der Waals surface area contributed by atoms with Crippen molar-refractivity contribution < 1.29 is 13.9 Å². The fraction of sp³-hybridized carbons (Fsp3) is 0.438. The molecule has 1 aromatic heterocycles. The number of rotatable bonds is 5. The maximum Gasteiger partial charge on any atom is 0.277 e. The van der Waals surface area contributed by atoms with Crippen molar-refractivity contribution in [2.75, 3.05) is 14.2 Å². The Kier molecular flexibility index (Phi) is 4.72. The van der Waals surface area contributed by atoms with Crippen LogP contribution in [0.2, 0.25) is 0 Å². The second-order valence-electron chi connectivity index (χ2n) is 5.32. The van der Waals surface area contributed by atoms with Crippen molar-refractivity contribution in [2.45, 2.75) is 29.7 Å². The molecule has 2 atom stereocenters. The van der Waals surface area contributed by atoms with Crippen molar-refractivity contribution in [1.29, 1.82) is 5.26 Å². The van der Waals surface area contributed by atoms with Crippen molar-refractivity contribution in [1.82, 2.24) is 10.2 Å². The van der Waals surface area contributed by atoms with Gasteiger partial charge in [0.25, 0.3) is 5.22 Å². The highest BCUT2D eigenvalue weighted by Gasteiger charge is 2.27. The first-order chi connectivity index (χ1) is 11.2. The second-order valence-corrected chi connectivity index (χ2v) is 6.57. The Bertz CT molecular complexity index is 726. The van der Waals surface area contributed by atoms with Crippen molar-refractivity contribution in [2.24, 2.45) is 5.92 Å². The second kappa shape index (κ2) is 6.92. The standard InChI is InChI=1S/C16H17N3O3S/c1-20-13-6-4-11(8-14(13)21-2)15-18-19-16(22-15)23-12-5-3-10(7-12)9-17/h4,6,8,10,12H,3,5,7H2,1-2H3/t10-,12+/m0/s1. The molecule has 3 rings (SSSR count). The number of aromatic nitrogens is 2. The predicted molar refractivity (Wildman–Crippen MR) is 85.4 cm³/mol. The summed E-state index contributed by atoms with van der Waals surface area (Å²) in [7, 11) is 3.18. The molecule has 0 unspecified atom stereocenters. The SMILES string of the molecule is COc1ccc(-c2nnc(S[C@@H]3CC[C@H](C#N)C3)o2)cc1OC. The number of nitrogens with zero attached hydrogens (tertiary/aromatic N) is 3. The first-order valence-electron chi connectivity index (χ1n) is 7.35. The van der Waals surface area contributed by atoms with Gasteiger partial charge in [-0.05, 0) is 37.5 Å². The van der Waals surface area contributed by atoms with Crippen LogP contribution in [0.25, 0.3) is 11.5 Å². The molecule has 0 bridgehead atoms. The first-order valence-corrected chi connectivity index (χ1v) is 8.23. The summed E-state index contributed by atoms with van der Waals surface area (Å²) in [5.74, 6) is 1.87. The van der Waals surface area contributed by atoms with Gasteiger partial charge in [0, 0.05) is 16.7 Å². The minimum atomic E-state index is 0.153. The van der Waals surface area contributed by atoms with Crippen LogP contribution in [0.4, 0.5) is 0 Å². The van der Waals surface area contributed by atoms with Crippen molar-refractivity contribution in [3.63, 3.8) is 0 Å². The molecule has 1 aliphatic carbocycles. The van der Waals surface area contributed by atoms with Gasteiger partial charge < -0.3 is 13.9 Å². The molecule has 0 N–H and O–H groups in total. The Morgan fingerprint density at radius 1 is 1.22 bits per heavy atom. The van der Waals surface area contributed by atoms with E-state index in [2.05, 4.69) is 16.3 Å². The molecule has 0 saturated heterocycles. The van der Waals surface area contributed by atoms with Gasteiger partial charge in [-0.25, -0.2) is 0 Å². The highest BCUT2D eigenvalue weighted by atomic mass is 32.2.